The predicted octanol–water partition coefficient (Wildman–Crippen LogP) is 3.14. The van der Waals surface area contributed by atoms with E-state index in [0.717, 1.165) is 42.9 Å². The van der Waals surface area contributed by atoms with Gasteiger partial charge in [-0.05, 0) is 67.3 Å². The molecule has 0 bridgehead atoms. The molecule has 3 heterocycles. The number of rotatable bonds is 4. The van der Waals surface area contributed by atoms with Crippen molar-refractivity contribution in [2.75, 3.05) is 25.2 Å². The number of fused-ring (bicyclic) bond motifs is 1. The van der Waals surface area contributed by atoms with Gasteiger partial charge in [0, 0.05) is 55.8 Å². The lowest BCUT2D eigenvalue weighted by Crippen LogP contribution is -2.46. The zero-order chi connectivity index (χ0) is 26.2. The summed E-state index contributed by atoms with van der Waals surface area (Å²) in [5, 5.41) is 2.70. The SMILES string of the molecule is CN1C(=O)C(NC(=O)/N=C/C(=C\N)Cc2cccc(F)n2)CCc2ccc(C#CC3CCOCC3)cc21. The van der Waals surface area contributed by atoms with Crippen molar-refractivity contribution in [1.82, 2.24) is 10.3 Å². The number of aromatic nitrogens is 1. The average molecular weight is 504 g/mol. The molecule has 2 aliphatic rings. The number of urea groups is 1. The van der Waals surface area contributed by atoms with Crippen LogP contribution in [0, 0.1) is 23.7 Å². The maximum atomic E-state index is 13.3. The van der Waals surface area contributed by atoms with Crippen LogP contribution in [0.3, 0.4) is 0 Å². The third kappa shape index (κ3) is 7.02. The Morgan fingerprint density at radius 1 is 1.30 bits per heavy atom. The van der Waals surface area contributed by atoms with Crippen LogP contribution >= 0.6 is 0 Å². The first kappa shape index (κ1) is 26.0. The monoisotopic (exact) mass is 503 g/mol. The molecule has 1 fully saturated rings. The van der Waals surface area contributed by atoms with E-state index < -0.39 is 18.0 Å². The normalized spacial score (nSPS) is 18.6. The molecule has 3 amide bonds. The molecule has 0 spiro atoms. The summed E-state index contributed by atoms with van der Waals surface area (Å²) in [5.41, 5.74) is 9.24. The third-order valence-corrected chi connectivity index (χ3v) is 6.44. The number of halogens is 1. The number of nitrogens with one attached hydrogen (secondary N) is 1. The molecule has 1 unspecified atom stereocenters. The van der Waals surface area contributed by atoms with E-state index in [2.05, 4.69) is 27.1 Å². The number of nitrogens with zero attached hydrogens (tertiary/aromatic N) is 3. The van der Waals surface area contributed by atoms with Crippen molar-refractivity contribution in [3.05, 3.63) is 70.9 Å². The van der Waals surface area contributed by atoms with Crippen LogP contribution in [0.5, 0.6) is 0 Å². The van der Waals surface area contributed by atoms with Gasteiger partial charge in [-0.15, -0.1) is 0 Å². The number of likely N-dealkylation sites (N-methyl/N-ethyl adjacent to an activating group) is 1. The zero-order valence-electron chi connectivity index (χ0n) is 20.7. The molecule has 0 radical (unpaired) electrons. The largest absolute Gasteiger partial charge is 0.404 e. The number of aryl methyl sites for hydroxylation is 1. The van der Waals surface area contributed by atoms with Crippen LogP contribution in [0.2, 0.25) is 0 Å². The Kier molecular flexibility index (Phi) is 8.64. The highest BCUT2D eigenvalue weighted by Gasteiger charge is 2.29. The standard InChI is InChI=1S/C28H30FN5O3/c1-34-25-16-20(6-5-19-11-13-37-14-12-19)7-8-22(25)9-10-24(27(34)35)33-28(36)31-18-21(17-30)15-23-3-2-4-26(29)32-23/h2-4,7-8,16-19,24H,9-15,30H2,1H3,(H,33,36)/b21-17-,31-18+. The van der Waals surface area contributed by atoms with Crippen molar-refractivity contribution in [3.8, 4) is 11.8 Å². The molecule has 1 aromatic heterocycles. The number of pyridine rings is 1. The minimum Gasteiger partial charge on any atom is -0.404 e. The van der Waals surface area contributed by atoms with Gasteiger partial charge in [0.2, 0.25) is 11.9 Å². The highest BCUT2D eigenvalue weighted by molar-refractivity contribution is 6.01. The Hall–Kier alpha value is -4.03. The van der Waals surface area contributed by atoms with Crippen molar-refractivity contribution in [2.24, 2.45) is 16.6 Å². The molecule has 2 aromatic rings. The minimum absolute atomic E-state index is 0.213. The van der Waals surface area contributed by atoms with Gasteiger partial charge in [-0.2, -0.15) is 4.39 Å². The van der Waals surface area contributed by atoms with Crippen LogP contribution in [0.15, 0.2) is 53.2 Å². The molecule has 3 N–H and O–H groups in total. The summed E-state index contributed by atoms with van der Waals surface area (Å²) in [6.45, 7) is 1.48. The first-order valence-electron chi connectivity index (χ1n) is 12.3. The fourth-order valence-electron chi connectivity index (χ4n) is 4.34. The summed E-state index contributed by atoms with van der Waals surface area (Å²) in [6, 6.07) is 8.96. The quantitative estimate of drug-likeness (QED) is 0.379. The Morgan fingerprint density at radius 2 is 2.11 bits per heavy atom. The number of ether oxygens (including phenoxy) is 1. The lowest BCUT2D eigenvalue weighted by molar-refractivity contribution is -0.120. The van der Waals surface area contributed by atoms with E-state index >= 15 is 0 Å². The Bertz CT molecular complexity index is 1270. The first-order valence-corrected chi connectivity index (χ1v) is 12.3. The van der Waals surface area contributed by atoms with Gasteiger partial charge in [-0.3, -0.25) is 4.79 Å². The predicted molar refractivity (Wildman–Crippen MR) is 140 cm³/mol. The lowest BCUT2D eigenvalue weighted by atomic mass is 10.00. The van der Waals surface area contributed by atoms with Gasteiger partial charge in [-0.25, -0.2) is 14.8 Å². The molecule has 4 rings (SSSR count). The topological polar surface area (TPSA) is 110 Å². The molecule has 37 heavy (non-hydrogen) atoms. The maximum Gasteiger partial charge on any atom is 0.341 e. The number of hydrogen-bond acceptors (Lipinski definition) is 5. The van der Waals surface area contributed by atoms with E-state index in [0.29, 0.717) is 30.0 Å². The molecule has 2 aliphatic heterocycles. The Morgan fingerprint density at radius 3 is 2.86 bits per heavy atom. The van der Waals surface area contributed by atoms with Crippen LogP contribution in [-0.4, -0.2) is 49.4 Å². The molecule has 1 aromatic carbocycles. The highest BCUT2D eigenvalue weighted by Crippen LogP contribution is 2.27. The number of aliphatic imine (C=N–C) groups is 1. The van der Waals surface area contributed by atoms with Gasteiger partial charge >= 0.3 is 6.03 Å². The van der Waals surface area contributed by atoms with Crippen LogP contribution in [0.4, 0.5) is 14.9 Å². The number of benzene rings is 1. The number of amides is 3. The Labute approximate surface area is 215 Å². The highest BCUT2D eigenvalue weighted by atomic mass is 19.1. The van der Waals surface area contributed by atoms with E-state index in [4.69, 9.17) is 10.5 Å². The molecular formula is C28H30FN5O3. The van der Waals surface area contributed by atoms with Crippen molar-refractivity contribution in [1.29, 1.82) is 0 Å². The zero-order valence-corrected chi connectivity index (χ0v) is 20.7. The van der Waals surface area contributed by atoms with E-state index in [1.807, 2.05) is 18.2 Å². The number of allylic oxidation sites excluding steroid dienone is 1. The molecular weight excluding hydrogens is 473 g/mol. The van der Waals surface area contributed by atoms with Gasteiger partial charge in [0.05, 0.1) is 0 Å². The van der Waals surface area contributed by atoms with Gasteiger partial charge in [0.1, 0.15) is 6.04 Å². The number of carbonyl (C=O) groups is 2. The van der Waals surface area contributed by atoms with E-state index in [-0.39, 0.29) is 12.3 Å². The van der Waals surface area contributed by atoms with Crippen LogP contribution in [0.1, 0.15) is 36.1 Å². The fourth-order valence-corrected chi connectivity index (χ4v) is 4.34. The summed E-state index contributed by atoms with van der Waals surface area (Å²) in [5.74, 6) is 6.07. The second kappa shape index (κ2) is 12.3. The fraction of sp³-hybridized carbons (Fsp3) is 0.357. The maximum absolute atomic E-state index is 13.3. The lowest BCUT2D eigenvalue weighted by Gasteiger charge is -2.21. The number of nitrogens with two attached hydrogens (primary N) is 1. The van der Waals surface area contributed by atoms with E-state index in [9.17, 15) is 14.0 Å². The van der Waals surface area contributed by atoms with Crippen LogP contribution < -0.4 is 16.0 Å². The smallest absolute Gasteiger partial charge is 0.341 e. The Balaban J connectivity index is 1.39. The molecule has 0 saturated carbocycles. The second-order valence-corrected chi connectivity index (χ2v) is 9.07. The molecule has 8 nitrogen and oxygen atoms in total. The molecule has 192 valence electrons. The summed E-state index contributed by atoms with van der Waals surface area (Å²) in [7, 11) is 1.70. The van der Waals surface area contributed by atoms with Crippen molar-refractivity contribution < 1.29 is 18.7 Å². The summed E-state index contributed by atoms with van der Waals surface area (Å²) >= 11 is 0. The minimum atomic E-state index is -0.728. The van der Waals surface area contributed by atoms with Gasteiger partial charge in [-0.1, -0.05) is 24.0 Å². The third-order valence-electron chi connectivity index (χ3n) is 6.44. The van der Waals surface area contributed by atoms with Gasteiger partial charge < -0.3 is 20.7 Å². The van der Waals surface area contributed by atoms with Crippen LogP contribution in [-0.2, 0) is 22.4 Å². The number of carbonyl (C=O) groups excluding carboxylic acids is 2. The molecule has 0 aliphatic carbocycles. The van der Waals surface area contributed by atoms with Gasteiger partial charge in [0.15, 0.2) is 0 Å². The first-order chi connectivity index (χ1) is 17.9. The van der Waals surface area contributed by atoms with Crippen molar-refractivity contribution in [2.45, 2.75) is 38.1 Å². The average Bonchev–Trinajstić information content (AvgIpc) is 3.02. The van der Waals surface area contributed by atoms with Gasteiger partial charge in [0.25, 0.3) is 0 Å². The number of hydrogen-bond donors (Lipinski definition) is 2. The van der Waals surface area contributed by atoms with E-state index in [1.165, 1.54) is 18.5 Å². The summed E-state index contributed by atoms with van der Waals surface area (Å²) in [6.07, 6.45) is 5.72. The van der Waals surface area contributed by atoms with Crippen molar-refractivity contribution >= 4 is 23.8 Å². The molecule has 1 saturated heterocycles. The summed E-state index contributed by atoms with van der Waals surface area (Å²) in [4.78, 5) is 34.9. The summed E-state index contributed by atoms with van der Waals surface area (Å²) < 4.78 is 18.7. The molecule has 1 atom stereocenters. The molecule has 9 heteroatoms. The van der Waals surface area contributed by atoms with Crippen LogP contribution in [0.25, 0.3) is 0 Å². The second-order valence-electron chi connectivity index (χ2n) is 9.07. The van der Waals surface area contributed by atoms with Crippen molar-refractivity contribution in [3.63, 3.8) is 0 Å². The van der Waals surface area contributed by atoms with E-state index in [1.54, 1.807) is 24.1 Å². The number of anilines is 1.